The molecule has 2 rings (SSSR count). The van der Waals surface area contributed by atoms with E-state index < -0.39 is 0 Å². The van der Waals surface area contributed by atoms with Crippen molar-refractivity contribution in [1.29, 1.82) is 0 Å². The number of likely N-dealkylation sites (tertiary alicyclic amines) is 1. The number of carbonyl (C=O) groups excluding carboxylic acids is 1. The number of unbranched alkanes of at least 4 members (excludes halogenated alkanes) is 1. The average molecular weight is 306 g/mol. The quantitative estimate of drug-likeness (QED) is 0.833. The van der Waals surface area contributed by atoms with Crippen LogP contribution in [0.2, 0.25) is 0 Å². The molecule has 0 aromatic heterocycles. The highest BCUT2D eigenvalue weighted by molar-refractivity contribution is 5.76. The molecule has 0 aliphatic carbocycles. The van der Waals surface area contributed by atoms with Gasteiger partial charge in [0.1, 0.15) is 5.82 Å². The predicted molar refractivity (Wildman–Crippen MR) is 87.3 cm³/mol. The number of nitrogens with zero attached hydrogens (tertiary/aromatic N) is 2. The number of halogens is 1. The number of hydrogen-bond acceptors (Lipinski definition) is 2. The Morgan fingerprint density at radius 3 is 2.82 bits per heavy atom. The topological polar surface area (TPSA) is 23.6 Å². The van der Waals surface area contributed by atoms with E-state index >= 15 is 0 Å². The predicted octanol–water partition coefficient (Wildman–Crippen LogP) is 3.26. The maximum atomic E-state index is 13.6. The highest BCUT2D eigenvalue weighted by Crippen LogP contribution is 2.30. The van der Waals surface area contributed by atoms with Crippen molar-refractivity contribution < 1.29 is 9.18 Å². The van der Waals surface area contributed by atoms with Crippen LogP contribution in [0.1, 0.15) is 44.1 Å². The van der Waals surface area contributed by atoms with E-state index in [2.05, 4.69) is 25.9 Å². The van der Waals surface area contributed by atoms with E-state index in [1.807, 2.05) is 11.0 Å². The summed E-state index contributed by atoms with van der Waals surface area (Å²) >= 11 is 0. The van der Waals surface area contributed by atoms with Gasteiger partial charge in [-0.1, -0.05) is 25.5 Å². The fraction of sp³-hybridized carbons (Fsp3) is 0.611. The molecule has 1 aromatic carbocycles. The van der Waals surface area contributed by atoms with E-state index in [0.717, 1.165) is 31.4 Å². The molecule has 1 heterocycles. The van der Waals surface area contributed by atoms with Crippen LogP contribution in [0.25, 0.3) is 0 Å². The SMILES string of the molecule is CCCCC(=O)N1CC[C@@H](N(C)C)[C@H](c2cccc(F)c2)C1. The molecule has 1 saturated heterocycles. The minimum absolute atomic E-state index is 0.171. The van der Waals surface area contributed by atoms with Gasteiger partial charge in [0.25, 0.3) is 0 Å². The Labute approximate surface area is 133 Å². The van der Waals surface area contributed by atoms with Gasteiger partial charge in [0.05, 0.1) is 0 Å². The zero-order valence-electron chi connectivity index (χ0n) is 13.9. The van der Waals surface area contributed by atoms with Crippen molar-refractivity contribution >= 4 is 5.91 Å². The lowest BCUT2D eigenvalue weighted by molar-refractivity contribution is -0.133. The molecular formula is C18H27FN2O. The molecule has 1 aromatic rings. The van der Waals surface area contributed by atoms with Gasteiger partial charge in [0, 0.05) is 31.5 Å². The molecule has 22 heavy (non-hydrogen) atoms. The van der Waals surface area contributed by atoms with Gasteiger partial charge in [0.15, 0.2) is 0 Å². The number of carbonyl (C=O) groups is 1. The van der Waals surface area contributed by atoms with E-state index in [1.165, 1.54) is 6.07 Å². The molecule has 4 heteroatoms. The van der Waals surface area contributed by atoms with Crippen LogP contribution in [0.5, 0.6) is 0 Å². The zero-order valence-corrected chi connectivity index (χ0v) is 13.9. The first-order valence-corrected chi connectivity index (χ1v) is 8.22. The van der Waals surface area contributed by atoms with Gasteiger partial charge in [0.2, 0.25) is 5.91 Å². The molecule has 0 bridgehead atoms. The first-order chi connectivity index (χ1) is 10.5. The minimum Gasteiger partial charge on any atom is -0.342 e. The molecule has 0 N–H and O–H groups in total. The van der Waals surface area contributed by atoms with E-state index in [-0.39, 0.29) is 17.6 Å². The van der Waals surface area contributed by atoms with E-state index in [4.69, 9.17) is 0 Å². The summed E-state index contributed by atoms with van der Waals surface area (Å²) in [5.74, 6) is 0.204. The van der Waals surface area contributed by atoms with Crippen LogP contribution >= 0.6 is 0 Å². The molecule has 0 spiro atoms. The van der Waals surface area contributed by atoms with Crippen molar-refractivity contribution in [2.45, 2.75) is 44.6 Å². The van der Waals surface area contributed by atoms with Crippen LogP contribution in [0, 0.1) is 5.82 Å². The van der Waals surface area contributed by atoms with Crippen molar-refractivity contribution in [3.05, 3.63) is 35.6 Å². The van der Waals surface area contributed by atoms with Crippen molar-refractivity contribution in [1.82, 2.24) is 9.80 Å². The van der Waals surface area contributed by atoms with E-state index in [9.17, 15) is 9.18 Å². The normalized spacial score (nSPS) is 22.1. The molecule has 1 fully saturated rings. The van der Waals surface area contributed by atoms with Gasteiger partial charge >= 0.3 is 0 Å². The Bertz CT molecular complexity index is 504. The second kappa shape index (κ2) is 7.73. The summed E-state index contributed by atoms with van der Waals surface area (Å²) in [7, 11) is 4.12. The number of benzene rings is 1. The van der Waals surface area contributed by atoms with Gasteiger partial charge < -0.3 is 9.80 Å². The Balaban J connectivity index is 2.16. The van der Waals surface area contributed by atoms with E-state index in [0.29, 0.717) is 19.0 Å². The Morgan fingerprint density at radius 1 is 1.41 bits per heavy atom. The lowest BCUT2D eigenvalue weighted by Crippen LogP contribution is -2.49. The first-order valence-electron chi connectivity index (χ1n) is 8.22. The summed E-state index contributed by atoms with van der Waals surface area (Å²) in [5, 5.41) is 0. The summed E-state index contributed by atoms with van der Waals surface area (Å²) in [5.41, 5.74) is 0.992. The zero-order chi connectivity index (χ0) is 16.1. The Hall–Kier alpha value is -1.42. The largest absolute Gasteiger partial charge is 0.342 e. The molecule has 1 amide bonds. The number of hydrogen-bond donors (Lipinski definition) is 0. The van der Waals surface area contributed by atoms with Crippen LogP contribution in [0.15, 0.2) is 24.3 Å². The van der Waals surface area contributed by atoms with Crippen molar-refractivity contribution in [2.75, 3.05) is 27.2 Å². The van der Waals surface area contributed by atoms with Gasteiger partial charge in [-0.05, 0) is 44.6 Å². The van der Waals surface area contributed by atoms with Gasteiger partial charge in [-0.15, -0.1) is 0 Å². The number of likely N-dealkylation sites (N-methyl/N-ethyl adjacent to an activating group) is 1. The Kier molecular flexibility index (Phi) is 5.95. The summed E-state index contributed by atoms with van der Waals surface area (Å²) in [6.45, 7) is 3.59. The minimum atomic E-state index is -0.204. The van der Waals surface area contributed by atoms with Crippen molar-refractivity contribution in [2.24, 2.45) is 0 Å². The molecule has 3 nitrogen and oxygen atoms in total. The van der Waals surface area contributed by atoms with Crippen LogP contribution < -0.4 is 0 Å². The van der Waals surface area contributed by atoms with Crippen LogP contribution in [-0.2, 0) is 4.79 Å². The molecule has 2 atom stereocenters. The number of amides is 1. The molecule has 1 aliphatic rings. The molecule has 0 unspecified atom stereocenters. The third-order valence-corrected chi connectivity index (χ3v) is 4.61. The fourth-order valence-corrected chi connectivity index (χ4v) is 3.34. The molecule has 1 aliphatic heterocycles. The first kappa shape index (κ1) is 16.9. The molecular weight excluding hydrogens is 279 g/mol. The van der Waals surface area contributed by atoms with Crippen LogP contribution in [0.4, 0.5) is 4.39 Å². The van der Waals surface area contributed by atoms with E-state index in [1.54, 1.807) is 12.1 Å². The summed E-state index contributed by atoms with van der Waals surface area (Å²) < 4.78 is 13.6. The summed E-state index contributed by atoms with van der Waals surface area (Å²) in [6.07, 6.45) is 3.54. The third kappa shape index (κ3) is 4.07. The standard InChI is InChI=1S/C18H27FN2O/c1-4-5-9-18(22)21-11-10-17(20(2)3)16(13-21)14-7-6-8-15(19)12-14/h6-8,12,16-17H,4-5,9-11,13H2,1-3H3/t16-,17+/m0/s1. The van der Waals surface area contributed by atoms with Crippen molar-refractivity contribution in [3.8, 4) is 0 Å². The Morgan fingerprint density at radius 2 is 2.18 bits per heavy atom. The molecule has 122 valence electrons. The second-order valence-corrected chi connectivity index (χ2v) is 6.42. The average Bonchev–Trinajstić information content (AvgIpc) is 2.51. The molecule has 0 radical (unpaired) electrons. The van der Waals surface area contributed by atoms with Gasteiger partial charge in [-0.25, -0.2) is 4.39 Å². The third-order valence-electron chi connectivity index (χ3n) is 4.61. The summed E-state index contributed by atoms with van der Waals surface area (Å²) in [4.78, 5) is 16.5. The maximum absolute atomic E-state index is 13.6. The van der Waals surface area contributed by atoms with Crippen LogP contribution in [-0.4, -0.2) is 48.9 Å². The van der Waals surface area contributed by atoms with Gasteiger partial charge in [-0.3, -0.25) is 4.79 Å². The monoisotopic (exact) mass is 306 g/mol. The van der Waals surface area contributed by atoms with Crippen molar-refractivity contribution in [3.63, 3.8) is 0 Å². The molecule has 0 saturated carbocycles. The number of rotatable bonds is 5. The summed E-state index contributed by atoms with van der Waals surface area (Å²) in [6, 6.07) is 7.17. The fourth-order valence-electron chi connectivity index (χ4n) is 3.34. The second-order valence-electron chi connectivity index (χ2n) is 6.42. The maximum Gasteiger partial charge on any atom is 0.222 e. The smallest absolute Gasteiger partial charge is 0.222 e. The highest BCUT2D eigenvalue weighted by atomic mass is 19.1. The van der Waals surface area contributed by atoms with Gasteiger partial charge in [-0.2, -0.15) is 0 Å². The highest BCUT2D eigenvalue weighted by Gasteiger charge is 2.33. The van der Waals surface area contributed by atoms with Crippen LogP contribution in [0.3, 0.4) is 0 Å². The lowest BCUT2D eigenvalue weighted by atomic mass is 9.85. The lowest BCUT2D eigenvalue weighted by Gasteiger charge is -2.42. The number of piperidine rings is 1.